The molecule has 2 N–H and O–H groups in total. The zero-order chi connectivity index (χ0) is 22.5. The molecule has 7 nitrogen and oxygen atoms in total. The van der Waals surface area contributed by atoms with Gasteiger partial charge < -0.3 is 24.3 Å². The third kappa shape index (κ3) is 8.43. The summed E-state index contributed by atoms with van der Waals surface area (Å²) in [5, 5.41) is 5.95. The van der Waals surface area contributed by atoms with E-state index in [0.29, 0.717) is 55.8 Å². The molecule has 0 saturated heterocycles. The van der Waals surface area contributed by atoms with Gasteiger partial charge in [-0.3, -0.25) is 10.1 Å². The number of hydrogen-bond acceptors (Lipinski definition) is 6. The minimum Gasteiger partial charge on any atom is -0.493 e. The van der Waals surface area contributed by atoms with Crippen LogP contribution in [0.25, 0.3) is 0 Å². The number of rotatable bonds is 12. The molecule has 0 aliphatic heterocycles. The Kier molecular flexibility index (Phi) is 10.6. The molecule has 31 heavy (non-hydrogen) atoms. The van der Waals surface area contributed by atoms with Crippen molar-refractivity contribution in [2.45, 2.75) is 26.8 Å². The summed E-state index contributed by atoms with van der Waals surface area (Å²) in [6, 6.07) is 12.6. The average Bonchev–Trinajstić information content (AvgIpc) is 2.79. The predicted octanol–water partition coefficient (Wildman–Crippen LogP) is 3.70. The lowest BCUT2D eigenvalue weighted by molar-refractivity contribution is 0.0975. The molecule has 0 atom stereocenters. The summed E-state index contributed by atoms with van der Waals surface area (Å²) in [4.78, 5) is 12.5. The molecule has 168 valence electrons. The second-order valence-electron chi connectivity index (χ2n) is 6.54. The maximum Gasteiger partial charge on any atom is 0.257 e. The molecule has 0 bridgehead atoms. The van der Waals surface area contributed by atoms with Gasteiger partial charge in [0.25, 0.3) is 5.91 Å². The summed E-state index contributed by atoms with van der Waals surface area (Å²) in [5.41, 5.74) is 1.40. The first-order valence-corrected chi connectivity index (χ1v) is 10.7. The number of methoxy groups -OCH3 is 1. The van der Waals surface area contributed by atoms with Crippen molar-refractivity contribution in [3.05, 3.63) is 53.6 Å². The number of amides is 1. The fourth-order valence-electron chi connectivity index (χ4n) is 2.64. The van der Waals surface area contributed by atoms with Gasteiger partial charge in [-0.1, -0.05) is 19.1 Å². The monoisotopic (exact) mass is 446 g/mol. The second kappa shape index (κ2) is 13.5. The van der Waals surface area contributed by atoms with E-state index < -0.39 is 0 Å². The summed E-state index contributed by atoms with van der Waals surface area (Å²) in [6.45, 7) is 6.59. The van der Waals surface area contributed by atoms with E-state index in [1.165, 1.54) is 0 Å². The van der Waals surface area contributed by atoms with E-state index in [2.05, 4.69) is 10.6 Å². The SMILES string of the molecule is CCCOc1ccc(CNC(=S)NC(=O)c2cccc(OCCOCC)c2)cc1OC. The Morgan fingerprint density at radius 3 is 2.58 bits per heavy atom. The van der Waals surface area contributed by atoms with Gasteiger partial charge >= 0.3 is 0 Å². The Bertz CT molecular complexity index is 860. The van der Waals surface area contributed by atoms with Crippen LogP contribution < -0.4 is 24.8 Å². The number of ether oxygens (including phenoxy) is 4. The maximum absolute atomic E-state index is 12.5. The maximum atomic E-state index is 12.5. The van der Waals surface area contributed by atoms with E-state index in [-0.39, 0.29) is 11.0 Å². The molecule has 0 spiro atoms. The molecule has 0 aliphatic carbocycles. The molecule has 8 heteroatoms. The smallest absolute Gasteiger partial charge is 0.257 e. The number of carbonyl (C=O) groups is 1. The zero-order valence-corrected chi connectivity index (χ0v) is 19.1. The third-order valence-corrected chi connectivity index (χ3v) is 4.41. The highest BCUT2D eigenvalue weighted by atomic mass is 32.1. The summed E-state index contributed by atoms with van der Waals surface area (Å²) < 4.78 is 21.9. The largest absolute Gasteiger partial charge is 0.493 e. The summed E-state index contributed by atoms with van der Waals surface area (Å²) in [7, 11) is 1.60. The van der Waals surface area contributed by atoms with Crippen LogP contribution in [0.2, 0.25) is 0 Å². The van der Waals surface area contributed by atoms with Crippen molar-refractivity contribution >= 4 is 23.2 Å². The van der Waals surface area contributed by atoms with Gasteiger partial charge in [0.15, 0.2) is 16.6 Å². The van der Waals surface area contributed by atoms with Crippen molar-refractivity contribution in [1.29, 1.82) is 0 Å². The molecule has 0 aliphatic rings. The molecular weight excluding hydrogens is 416 g/mol. The van der Waals surface area contributed by atoms with Gasteiger partial charge in [0.2, 0.25) is 0 Å². The van der Waals surface area contributed by atoms with Gasteiger partial charge in [0.05, 0.1) is 20.3 Å². The molecule has 2 aromatic rings. The van der Waals surface area contributed by atoms with Gasteiger partial charge in [0.1, 0.15) is 12.4 Å². The van der Waals surface area contributed by atoms with Crippen molar-refractivity contribution < 1.29 is 23.7 Å². The highest BCUT2D eigenvalue weighted by molar-refractivity contribution is 7.80. The molecule has 0 unspecified atom stereocenters. The first-order valence-electron chi connectivity index (χ1n) is 10.3. The highest BCUT2D eigenvalue weighted by Crippen LogP contribution is 2.28. The van der Waals surface area contributed by atoms with Crippen molar-refractivity contribution in [3.8, 4) is 17.2 Å². The average molecular weight is 447 g/mol. The fraction of sp³-hybridized carbons (Fsp3) is 0.391. The van der Waals surface area contributed by atoms with Crippen molar-refractivity contribution in [2.24, 2.45) is 0 Å². The van der Waals surface area contributed by atoms with Crippen LogP contribution in [0.1, 0.15) is 36.2 Å². The third-order valence-electron chi connectivity index (χ3n) is 4.17. The van der Waals surface area contributed by atoms with Gasteiger partial charge in [0, 0.05) is 18.7 Å². The molecule has 2 aromatic carbocycles. The van der Waals surface area contributed by atoms with Gasteiger partial charge in [-0.2, -0.15) is 0 Å². The molecule has 1 amide bonds. The number of nitrogens with one attached hydrogen (secondary N) is 2. The topological polar surface area (TPSA) is 78.1 Å². The summed E-state index contributed by atoms with van der Waals surface area (Å²) in [6.07, 6.45) is 0.919. The van der Waals surface area contributed by atoms with Gasteiger partial charge in [-0.15, -0.1) is 0 Å². The lowest BCUT2D eigenvalue weighted by Gasteiger charge is -2.13. The molecule has 0 heterocycles. The molecule has 2 rings (SSSR count). The van der Waals surface area contributed by atoms with E-state index in [0.717, 1.165) is 12.0 Å². The van der Waals surface area contributed by atoms with Crippen molar-refractivity contribution in [2.75, 3.05) is 33.5 Å². The van der Waals surface area contributed by atoms with Crippen LogP contribution in [0.5, 0.6) is 17.2 Å². The van der Waals surface area contributed by atoms with Crippen LogP contribution in [0.4, 0.5) is 0 Å². The fourth-order valence-corrected chi connectivity index (χ4v) is 2.81. The first kappa shape index (κ1) is 24.4. The normalized spacial score (nSPS) is 10.3. The zero-order valence-electron chi connectivity index (χ0n) is 18.2. The lowest BCUT2D eigenvalue weighted by atomic mass is 10.2. The Labute approximate surface area is 189 Å². The van der Waals surface area contributed by atoms with Gasteiger partial charge in [-0.05, 0) is 61.5 Å². The van der Waals surface area contributed by atoms with E-state index in [9.17, 15) is 4.79 Å². The van der Waals surface area contributed by atoms with Crippen LogP contribution in [0.15, 0.2) is 42.5 Å². The van der Waals surface area contributed by atoms with Crippen LogP contribution in [0.3, 0.4) is 0 Å². The predicted molar refractivity (Wildman–Crippen MR) is 124 cm³/mol. The Balaban J connectivity index is 1.86. The molecule has 0 fully saturated rings. The summed E-state index contributed by atoms with van der Waals surface area (Å²) in [5.74, 6) is 1.65. The Morgan fingerprint density at radius 1 is 1.00 bits per heavy atom. The van der Waals surface area contributed by atoms with E-state index in [1.807, 2.05) is 32.0 Å². The molecule has 0 radical (unpaired) electrons. The number of hydrogen-bond donors (Lipinski definition) is 2. The van der Waals surface area contributed by atoms with E-state index in [4.69, 9.17) is 31.2 Å². The van der Waals surface area contributed by atoms with Crippen molar-refractivity contribution in [1.82, 2.24) is 10.6 Å². The quantitative estimate of drug-likeness (QED) is 0.380. The first-order chi connectivity index (χ1) is 15.1. The molecular formula is C23H30N2O5S. The van der Waals surface area contributed by atoms with Gasteiger partial charge in [-0.25, -0.2) is 0 Å². The van der Waals surface area contributed by atoms with Crippen LogP contribution >= 0.6 is 12.2 Å². The minimum atomic E-state index is -0.311. The standard InChI is InChI=1S/C23H30N2O5S/c1-4-11-30-20-10-9-17(14-21(20)27-3)16-24-23(31)25-22(26)18-7-6-8-19(15-18)29-13-12-28-5-2/h6-10,14-15H,4-5,11-13,16H2,1-3H3,(H2,24,25,26,31). The number of thiocarbonyl (C=S) groups is 1. The van der Waals surface area contributed by atoms with Crippen LogP contribution in [-0.4, -0.2) is 44.6 Å². The van der Waals surface area contributed by atoms with E-state index >= 15 is 0 Å². The van der Waals surface area contributed by atoms with Crippen molar-refractivity contribution in [3.63, 3.8) is 0 Å². The Morgan fingerprint density at radius 2 is 1.84 bits per heavy atom. The highest BCUT2D eigenvalue weighted by Gasteiger charge is 2.10. The van der Waals surface area contributed by atoms with Crippen LogP contribution in [0, 0.1) is 0 Å². The number of benzene rings is 2. The van der Waals surface area contributed by atoms with Crippen LogP contribution in [-0.2, 0) is 11.3 Å². The van der Waals surface area contributed by atoms with E-state index in [1.54, 1.807) is 31.4 Å². The Hall–Kier alpha value is -2.84. The molecule has 0 saturated carbocycles. The lowest BCUT2D eigenvalue weighted by Crippen LogP contribution is -2.38. The minimum absolute atomic E-state index is 0.234. The molecule has 0 aromatic heterocycles. The number of carbonyl (C=O) groups excluding carboxylic acids is 1. The summed E-state index contributed by atoms with van der Waals surface area (Å²) >= 11 is 5.26. The second-order valence-corrected chi connectivity index (χ2v) is 6.95.